The van der Waals surface area contributed by atoms with Crippen molar-refractivity contribution in [2.75, 3.05) is 7.05 Å². The Kier molecular flexibility index (Phi) is 4.46. The number of ether oxygens (including phenoxy) is 1. The molecule has 0 aliphatic rings. The molecule has 0 fully saturated rings. The Morgan fingerprint density at radius 1 is 1.38 bits per heavy atom. The number of alkyl halides is 3. The van der Waals surface area contributed by atoms with Gasteiger partial charge in [-0.25, -0.2) is 4.98 Å². The molecule has 21 heavy (non-hydrogen) atoms. The first-order valence-corrected chi connectivity index (χ1v) is 6.78. The molecule has 112 valence electrons. The third-order valence-electron chi connectivity index (χ3n) is 2.60. The third kappa shape index (κ3) is 4.19. The van der Waals surface area contributed by atoms with Gasteiger partial charge < -0.3 is 9.64 Å². The number of carbonyl (C=O) groups excluding carboxylic acids is 1. The molecule has 0 saturated heterocycles. The van der Waals surface area contributed by atoms with Gasteiger partial charge in [-0.05, 0) is 6.07 Å². The van der Waals surface area contributed by atoms with E-state index < -0.39 is 6.36 Å². The first kappa shape index (κ1) is 15.3. The van der Waals surface area contributed by atoms with E-state index >= 15 is 0 Å². The highest BCUT2D eigenvalue weighted by molar-refractivity contribution is 7.07. The number of halogens is 3. The van der Waals surface area contributed by atoms with Crippen LogP contribution < -0.4 is 4.74 Å². The average molecular weight is 316 g/mol. The fourth-order valence-electron chi connectivity index (χ4n) is 1.70. The fourth-order valence-corrected chi connectivity index (χ4v) is 2.23. The Morgan fingerprint density at radius 3 is 2.71 bits per heavy atom. The molecular weight excluding hydrogens is 305 g/mol. The molecule has 0 radical (unpaired) electrons. The van der Waals surface area contributed by atoms with E-state index in [4.69, 9.17) is 0 Å². The van der Waals surface area contributed by atoms with E-state index in [1.54, 1.807) is 11.4 Å². The van der Waals surface area contributed by atoms with Gasteiger partial charge in [0.1, 0.15) is 11.4 Å². The van der Waals surface area contributed by atoms with Crippen LogP contribution in [0.3, 0.4) is 0 Å². The number of benzene rings is 1. The summed E-state index contributed by atoms with van der Waals surface area (Å²) in [6.45, 7) is -0.0113. The SMILES string of the molecule is CN(Cc1ccccc1OC(F)(F)F)C(=O)c1cscn1. The van der Waals surface area contributed by atoms with Crippen LogP contribution in [0, 0.1) is 0 Å². The standard InChI is InChI=1S/C13H11F3N2O2S/c1-18(12(19)10-7-21-8-17-10)6-9-4-2-3-5-11(9)20-13(14,15)16/h2-5,7-8H,6H2,1H3. The summed E-state index contributed by atoms with van der Waals surface area (Å²) in [6.07, 6.45) is -4.77. The Hall–Kier alpha value is -2.09. The number of thiazole rings is 1. The number of hydrogen-bond donors (Lipinski definition) is 0. The van der Waals surface area contributed by atoms with Crippen molar-refractivity contribution in [3.05, 3.63) is 46.4 Å². The van der Waals surface area contributed by atoms with Crippen molar-refractivity contribution in [1.82, 2.24) is 9.88 Å². The lowest BCUT2D eigenvalue weighted by Gasteiger charge is -2.19. The molecule has 2 aromatic rings. The fraction of sp³-hybridized carbons (Fsp3) is 0.231. The van der Waals surface area contributed by atoms with Crippen molar-refractivity contribution in [1.29, 1.82) is 0 Å². The molecule has 1 amide bonds. The van der Waals surface area contributed by atoms with E-state index in [0.717, 1.165) is 0 Å². The van der Waals surface area contributed by atoms with Crippen LogP contribution in [-0.2, 0) is 6.54 Å². The van der Waals surface area contributed by atoms with Crippen molar-refractivity contribution in [3.63, 3.8) is 0 Å². The summed E-state index contributed by atoms with van der Waals surface area (Å²) in [7, 11) is 1.49. The molecule has 0 unspecified atom stereocenters. The second-order valence-electron chi connectivity index (χ2n) is 4.19. The topological polar surface area (TPSA) is 42.4 Å². The van der Waals surface area contributed by atoms with Gasteiger partial charge in [-0.3, -0.25) is 4.79 Å². The van der Waals surface area contributed by atoms with Gasteiger partial charge in [0.05, 0.1) is 5.51 Å². The molecule has 0 N–H and O–H groups in total. The molecule has 0 aliphatic carbocycles. The number of rotatable bonds is 4. The molecule has 0 saturated carbocycles. The lowest BCUT2D eigenvalue weighted by molar-refractivity contribution is -0.274. The predicted molar refractivity (Wildman–Crippen MR) is 71.0 cm³/mol. The van der Waals surface area contributed by atoms with Crippen molar-refractivity contribution >= 4 is 17.2 Å². The number of amides is 1. The molecule has 1 aromatic carbocycles. The van der Waals surface area contributed by atoms with Gasteiger partial charge in [-0.1, -0.05) is 18.2 Å². The van der Waals surface area contributed by atoms with E-state index in [9.17, 15) is 18.0 Å². The minimum Gasteiger partial charge on any atom is -0.405 e. The van der Waals surface area contributed by atoms with Crippen molar-refractivity contribution in [2.45, 2.75) is 12.9 Å². The second kappa shape index (κ2) is 6.13. The number of nitrogens with zero attached hydrogens (tertiary/aromatic N) is 2. The van der Waals surface area contributed by atoms with Crippen LogP contribution >= 0.6 is 11.3 Å². The Labute approximate surface area is 122 Å². The molecule has 2 rings (SSSR count). The lowest BCUT2D eigenvalue weighted by atomic mass is 10.2. The Bertz CT molecular complexity index is 614. The van der Waals surface area contributed by atoms with Crippen LogP contribution in [0.1, 0.15) is 16.1 Å². The van der Waals surface area contributed by atoms with Gasteiger partial charge in [0.15, 0.2) is 0 Å². The molecule has 1 heterocycles. The van der Waals surface area contributed by atoms with Crippen LogP contribution in [0.15, 0.2) is 35.2 Å². The highest BCUT2D eigenvalue weighted by Crippen LogP contribution is 2.27. The maximum atomic E-state index is 12.3. The average Bonchev–Trinajstić information content (AvgIpc) is 2.92. The minimum absolute atomic E-state index is 0.0113. The van der Waals surface area contributed by atoms with Gasteiger partial charge in [-0.2, -0.15) is 0 Å². The third-order valence-corrected chi connectivity index (χ3v) is 3.19. The van der Waals surface area contributed by atoms with Gasteiger partial charge in [0, 0.05) is 24.5 Å². The number of para-hydroxylation sites is 1. The predicted octanol–water partition coefficient (Wildman–Crippen LogP) is 3.31. The molecular formula is C13H11F3N2O2S. The summed E-state index contributed by atoms with van der Waals surface area (Å²) < 4.78 is 40.9. The Balaban J connectivity index is 2.14. The van der Waals surface area contributed by atoms with Crippen molar-refractivity contribution < 1.29 is 22.7 Å². The van der Waals surface area contributed by atoms with Crippen LogP contribution in [0.25, 0.3) is 0 Å². The van der Waals surface area contributed by atoms with Crippen LogP contribution in [0.5, 0.6) is 5.75 Å². The molecule has 0 spiro atoms. The number of carbonyl (C=O) groups is 1. The van der Waals surface area contributed by atoms with E-state index in [-0.39, 0.29) is 29.5 Å². The zero-order chi connectivity index (χ0) is 15.5. The van der Waals surface area contributed by atoms with Crippen LogP contribution in [0.2, 0.25) is 0 Å². The summed E-state index contributed by atoms with van der Waals surface area (Å²) in [5.41, 5.74) is 2.04. The molecule has 0 bridgehead atoms. The number of aromatic nitrogens is 1. The quantitative estimate of drug-likeness (QED) is 0.869. The van der Waals surface area contributed by atoms with Crippen molar-refractivity contribution in [3.8, 4) is 5.75 Å². The minimum atomic E-state index is -4.77. The summed E-state index contributed by atoms with van der Waals surface area (Å²) in [4.78, 5) is 17.2. The summed E-state index contributed by atoms with van der Waals surface area (Å²) in [5, 5.41) is 1.58. The molecule has 1 aromatic heterocycles. The van der Waals surface area contributed by atoms with Gasteiger partial charge in [0.2, 0.25) is 0 Å². The lowest BCUT2D eigenvalue weighted by Crippen LogP contribution is -2.27. The largest absolute Gasteiger partial charge is 0.573 e. The van der Waals surface area contributed by atoms with E-state index in [1.165, 1.54) is 47.0 Å². The second-order valence-corrected chi connectivity index (χ2v) is 4.91. The monoisotopic (exact) mass is 316 g/mol. The maximum Gasteiger partial charge on any atom is 0.573 e. The van der Waals surface area contributed by atoms with E-state index in [1.807, 2.05) is 0 Å². The maximum absolute atomic E-state index is 12.3. The van der Waals surface area contributed by atoms with Crippen LogP contribution in [-0.4, -0.2) is 29.2 Å². The number of hydrogen-bond acceptors (Lipinski definition) is 4. The van der Waals surface area contributed by atoms with Gasteiger partial charge in [0.25, 0.3) is 5.91 Å². The summed E-state index contributed by atoms with van der Waals surface area (Å²) >= 11 is 1.27. The zero-order valence-corrected chi connectivity index (χ0v) is 11.7. The molecule has 8 heteroatoms. The van der Waals surface area contributed by atoms with Gasteiger partial charge >= 0.3 is 6.36 Å². The molecule has 0 aliphatic heterocycles. The highest BCUT2D eigenvalue weighted by Gasteiger charge is 2.32. The smallest absolute Gasteiger partial charge is 0.405 e. The summed E-state index contributed by atoms with van der Waals surface area (Å²) in [6, 6.07) is 5.71. The van der Waals surface area contributed by atoms with Crippen LogP contribution in [0.4, 0.5) is 13.2 Å². The van der Waals surface area contributed by atoms with Crippen molar-refractivity contribution in [2.24, 2.45) is 0 Å². The van der Waals surface area contributed by atoms with E-state index in [2.05, 4.69) is 9.72 Å². The molecule has 0 atom stereocenters. The first-order valence-electron chi connectivity index (χ1n) is 5.84. The Morgan fingerprint density at radius 2 is 2.10 bits per heavy atom. The van der Waals surface area contributed by atoms with Gasteiger partial charge in [-0.15, -0.1) is 24.5 Å². The highest BCUT2D eigenvalue weighted by atomic mass is 32.1. The summed E-state index contributed by atoms with van der Waals surface area (Å²) in [5.74, 6) is -0.680. The first-order chi connectivity index (χ1) is 9.87. The van der Waals surface area contributed by atoms with E-state index in [0.29, 0.717) is 0 Å². The molecule has 4 nitrogen and oxygen atoms in total. The normalized spacial score (nSPS) is 11.2. The zero-order valence-electron chi connectivity index (χ0n) is 10.9.